The van der Waals surface area contributed by atoms with Crippen molar-refractivity contribution in [2.45, 2.75) is 58.3 Å². The largest absolute Gasteiger partial charge is 0.456 e. The molecule has 1 aromatic rings. The van der Waals surface area contributed by atoms with E-state index < -0.39 is 29.3 Å². The average Bonchev–Trinajstić information content (AvgIpc) is 3.17. The summed E-state index contributed by atoms with van der Waals surface area (Å²) in [6.45, 7) is 8.07. The molecule has 2 saturated heterocycles. The van der Waals surface area contributed by atoms with Crippen LogP contribution in [0.25, 0.3) is 0 Å². The predicted molar refractivity (Wildman–Crippen MR) is 128 cm³/mol. The number of benzene rings is 1. The van der Waals surface area contributed by atoms with Gasteiger partial charge in [0.1, 0.15) is 24.4 Å². The molecule has 1 spiro atoms. The van der Waals surface area contributed by atoms with Gasteiger partial charge in [-0.15, -0.1) is 0 Å². The van der Waals surface area contributed by atoms with Gasteiger partial charge >= 0.3 is 18.2 Å². The molecule has 0 N–H and O–H groups in total. The number of ether oxygens (including phenoxy) is 3. The van der Waals surface area contributed by atoms with Gasteiger partial charge in [0.2, 0.25) is 0 Å². The Morgan fingerprint density at radius 2 is 1.67 bits per heavy atom. The summed E-state index contributed by atoms with van der Waals surface area (Å²) in [6.07, 6.45) is -0.585. The molecule has 4 rings (SSSR count). The number of hydrogen-bond donors (Lipinski definition) is 0. The second kappa shape index (κ2) is 9.83. The van der Waals surface area contributed by atoms with Crippen molar-refractivity contribution in [3.05, 3.63) is 47.2 Å². The van der Waals surface area contributed by atoms with Gasteiger partial charge in [0.15, 0.2) is 0 Å². The Balaban J connectivity index is 1.56. The summed E-state index contributed by atoms with van der Waals surface area (Å²) >= 11 is 0. The van der Waals surface area contributed by atoms with Gasteiger partial charge in [-0.1, -0.05) is 30.3 Å². The summed E-state index contributed by atoms with van der Waals surface area (Å²) in [5, 5.41) is 0. The van der Waals surface area contributed by atoms with Crippen molar-refractivity contribution in [2.75, 3.05) is 32.8 Å². The summed E-state index contributed by atoms with van der Waals surface area (Å²) < 4.78 is 16.2. The first-order valence-electron chi connectivity index (χ1n) is 12.2. The first kappa shape index (κ1) is 25.5. The molecular weight excluding hydrogens is 466 g/mol. The molecule has 10 heteroatoms. The number of piperidine rings is 1. The zero-order chi connectivity index (χ0) is 26.1. The van der Waals surface area contributed by atoms with Crippen LogP contribution in [0.3, 0.4) is 0 Å². The summed E-state index contributed by atoms with van der Waals surface area (Å²) in [4.78, 5) is 56.5. The van der Waals surface area contributed by atoms with Gasteiger partial charge in [-0.05, 0) is 46.1 Å². The molecule has 2 fully saturated rings. The first-order valence-corrected chi connectivity index (χ1v) is 12.2. The molecule has 0 unspecified atom stereocenters. The van der Waals surface area contributed by atoms with Gasteiger partial charge in [-0.2, -0.15) is 0 Å². The van der Waals surface area contributed by atoms with Crippen molar-refractivity contribution in [3.63, 3.8) is 0 Å². The SMILES string of the molecule is CC1=C(N2CCN(C(=O)OCc3ccccc3)C3(CCN(C(=O)OC(C)(C)C)CC3)C2=O)COC1=O. The van der Waals surface area contributed by atoms with Gasteiger partial charge in [0.25, 0.3) is 5.91 Å². The topological polar surface area (TPSA) is 106 Å². The Bertz CT molecular complexity index is 1070. The number of rotatable bonds is 3. The molecule has 0 bridgehead atoms. The fourth-order valence-electron chi connectivity index (χ4n) is 4.82. The van der Waals surface area contributed by atoms with Crippen molar-refractivity contribution < 1.29 is 33.4 Å². The first-order chi connectivity index (χ1) is 17.0. The smallest absolute Gasteiger partial charge is 0.411 e. The number of piperazine rings is 1. The third-order valence-electron chi connectivity index (χ3n) is 6.78. The number of likely N-dealkylation sites (tertiary alicyclic amines) is 1. The van der Waals surface area contributed by atoms with E-state index in [2.05, 4.69) is 0 Å². The van der Waals surface area contributed by atoms with Crippen LogP contribution in [-0.4, -0.2) is 82.7 Å². The third kappa shape index (κ3) is 5.03. The standard InChI is InChI=1S/C26H33N3O7/c1-18-20(17-34-21(18)30)28-14-15-29(24(33)35-16-19-8-6-5-7-9-19)26(22(28)31)10-12-27(13-11-26)23(32)36-25(2,3)4/h5-9H,10-17H2,1-4H3. The van der Waals surface area contributed by atoms with Crippen molar-refractivity contribution in [1.29, 1.82) is 0 Å². The van der Waals surface area contributed by atoms with Crippen molar-refractivity contribution >= 4 is 24.1 Å². The van der Waals surface area contributed by atoms with Gasteiger partial charge in [0, 0.05) is 26.2 Å². The number of amides is 3. The Morgan fingerprint density at radius 1 is 1.00 bits per heavy atom. The lowest BCUT2D eigenvalue weighted by molar-refractivity contribution is -0.152. The minimum absolute atomic E-state index is 0.0228. The molecule has 0 aliphatic carbocycles. The van der Waals surface area contributed by atoms with Crippen LogP contribution in [0.1, 0.15) is 46.1 Å². The Morgan fingerprint density at radius 3 is 2.25 bits per heavy atom. The lowest BCUT2D eigenvalue weighted by atomic mass is 9.82. The zero-order valence-electron chi connectivity index (χ0n) is 21.2. The van der Waals surface area contributed by atoms with Crippen LogP contribution in [0.2, 0.25) is 0 Å². The maximum absolute atomic E-state index is 14.0. The maximum atomic E-state index is 14.0. The van der Waals surface area contributed by atoms with Gasteiger partial charge < -0.3 is 24.0 Å². The third-order valence-corrected chi connectivity index (χ3v) is 6.78. The molecule has 3 aliphatic heterocycles. The van der Waals surface area contributed by atoms with E-state index in [1.807, 2.05) is 30.3 Å². The molecule has 36 heavy (non-hydrogen) atoms. The van der Waals surface area contributed by atoms with E-state index in [1.54, 1.807) is 37.5 Å². The van der Waals surface area contributed by atoms with E-state index in [1.165, 1.54) is 4.90 Å². The molecule has 10 nitrogen and oxygen atoms in total. The monoisotopic (exact) mass is 499 g/mol. The zero-order valence-corrected chi connectivity index (χ0v) is 21.2. The Labute approximate surface area is 210 Å². The van der Waals surface area contributed by atoms with E-state index in [0.717, 1.165) is 5.56 Å². The number of hydrogen-bond acceptors (Lipinski definition) is 7. The summed E-state index contributed by atoms with van der Waals surface area (Å²) in [7, 11) is 0. The van der Waals surface area contributed by atoms with Crippen LogP contribution >= 0.6 is 0 Å². The highest BCUT2D eigenvalue weighted by atomic mass is 16.6. The molecule has 3 amide bonds. The van der Waals surface area contributed by atoms with Crippen LogP contribution in [0.5, 0.6) is 0 Å². The molecule has 0 saturated carbocycles. The predicted octanol–water partition coefficient (Wildman–Crippen LogP) is 3.07. The number of carbonyl (C=O) groups is 4. The molecule has 1 aromatic carbocycles. The van der Waals surface area contributed by atoms with E-state index >= 15 is 0 Å². The molecular formula is C26H33N3O7. The number of esters is 1. The Hall–Kier alpha value is -3.56. The molecule has 0 atom stereocenters. The van der Waals surface area contributed by atoms with Crippen LogP contribution in [-0.2, 0) is 30.4 Å². The van der Waals surface area contributed by atoms with Crippen LogP contribution < -0.4 is 0 Å². The average molecular weight is 500 g/mol. The van der Waals surface area contributed by atoms with E-state index in [0.29, 0.717) is 11.3 Å². The number of carbonyl (C=O) groups excluding carboxylic acids is 4. The van der Waals surface area contributed by atoms with Crippen LogP contribution in [0.15, 0.2) is 41.6 Å². The second-order valence-corrected chi connectivity index (χ2v) is 10.3. The fraction of sp³-hybridized carbons (Fsp3) is 0.538. The maximum Gasteiger partial charge on any atom is 0.411 e. The molecule has 3 aliphatic rings. The highest BCUT2D eigenvalue weighted by molar-refractivity contribution is 5.96. The van der Waals surface area contributed by atoms with E-state index in [-0.39, 0.29) is 58.1 Å². The molecule has 0 radical (unpaired) electrons. The van der Waals surface area contributed by atoms with Crippen molar-refractivity contribution in [2.24, 2.45) is 0 Å². The molecule has 3 heterocycles. The summed E-state index contributed by atoms with van der Waals surface area (Å²) in [5.74, 6) is -0.738. The minimum atomic E-state index is -1.20. The Kier molecular flexibility index (Phi) is 6.97. The quantitative estimate of drug-likeness (QED) is 0.465. The van der Waals surface area contributed by atoms with Gasteiger partial charge in [-0.25, -0.2) is 14.4 Å². The molecule has 194 valence electrons. The van der Waals surface area contributed by atoms with Crippen LogP contribution in [0, 0.1) is 0 Å². The van der Waals surface area contributed by atoms with Crippen molar-refractivity contribution in [1.82, 2.24) is 14.7 Å². The second-order valence-electron chi connectivity index (χ2n) is 10.3. The van der Waals surface area contributed by atoms with Crippen molar-refractivity contribution in [3.8, 4) is 0 Å². The lowest BCUT2D eigenvalue weighted by Crippen LogP contribution is -2.70. The number of nitrogens with zero attached hydrogens (tertiary/aromatic N) is 3. The van der Waals surface area contributed by atoms with E-state index in [4.69, 9.17) is 14.2 Å². The lowest BCUT2D eigenvalue weighted by Gasteiger charge is -2.52. The molecule has 0 aromatic heterocycles. The fourth-order valence-corrected chi connectivity index (χ4v) is 4.82. The van der Waals surface area contributed by atoms with Crippen LogP contribution in [0.4, 0.5) is 9.59 Å². The minimum Gasteiger partial charge on any atom is -0.456 e. The highest BCUT2D eigenvalue weighted by Gasteiger charge is 2.55. The normalized spacial score (nSPS) is 20.1. The summed E-state index contributed by atoms with van der Waals surface area (Å²) in [6, 6.07) is 9.32. The number of cyclic esters (lactones) is 1. The van der Waals surface area contributed by atoms with Gasteiger partial charge in [-0.3, -0.25) is 9.69 Å². The van der Waals surface area contributed by atoms with E-state index in [9.17, 15) is 19.2 Å². The highest BCUT2D eigenvalue weighted by Crippen LogP contribution is 2.37. The summed E-state index contributed by atoms with van der Waals surface area (Å²) in [5.41, 5.74) is -0.0903. The van der Waals surface area contributed by atoms with Gasteiger partial charge in [0.05, 0.1) is 11.3 Å².